The number of thiazole rings is 1. The lowest BCUT2D eigenvalue weighted by Gasteiger charge is -2.19. The molecule has 124 valence electrons. The minimum Gasteiger partial charge on any atom is -0.255 e. The molecule has 0 spiro atoms. The number of hydrogen-bond donors (Lipinski definition) is 1. The second-order valence-electron chi connectivity index (χ2n) is 5.95. The van der Waals surface area contributed by atoms with Crippen molar-refractivity contribution in [1.82, 2.24) is 4.98 Å². The molecule has 2 aromatic rings. The number of anilines is 1. The summed E-state index contributed by atoms with van der Waals surface area (Å²) in [5, 5.41) is 2.20. The van der Waals surface area contributed by atoms with Crippen LogP contribution in [0, 0.1) is 12.7 Å². The summed E-state index contributed by atoms with van der Waals surface area (Å²) in [6.45, 7) is 1.71. The van der Waals surface area contributed by atoms with E-state index in [4.69, 9.17) is 0 Å². The zero-order chi connectivity index (χ0) is 16.4. The van der Waals surface area contributed by atoms with Crippen LogP contribution in [0.4, 0.5) is 9.52 Å². The normalized spacial score (nSPS) is 16.4. The highest BCUT2D eigenvalue weighted by atomic mass is 32.2. The molecule has 3 rings (SSSR count). The van der Waals surface area contributed by atoms with Gasteiger partial charge in [0.15, 0.2) is 5.13 Å². The van der Waals surface area contributed by atoms with E-state index >= 15 is 0 Å². The molecule has 4 nitrogen and oxygen atoms in total. The Morgan fingerprint density at radius 3 is 2.70 bits per heavy atom. The molecule has 0 aliphatic heterocycles. The standard InChI is InChI=1S/C16H19FN2O2S2/c1-11-7-8-15(13(17)9-11)23(20,21)19-16-18-14(10-22-16)12-5-3-2-4-6-12/h7-10,12H,2-6H2,1H3,(H,18,19). The van der Waals surface area contributed by atoms with E-state index in [0.717, 1.165) is 18.5 Å². The Hall–Kier alpha value is -1.47. The van der Waals surface area contributed by atoms with Crippen molar-refractivity contribution in [3.05, 3.63) is 40.7 Å². The molecule has 1 heterocycles. The van der Waals surface area contributed by atoms with Crippen LogP contribution in [0.2, 0.25) is 0 Å². The molecule has 23 heavy (non-hydrogen) atoms. The lowest BCUT2D eigenvalue weighted by molar-refractivity contribution is 0.438. The Labute approximate surface area is 139 Å². The van der Waals surface area contributed by atoms with Crippen LogP contribution in [0.1, 0.15) is 49.3 Å². The van der Waals surface area contributed by atoms with Crippen LogP contribution in [0.5, 0.6) is 0 Å². The largest absolute Gasteiger partial charge is 0.266 e. The first kappa shape index (κ1) is 16.4. The fraction of sp³-hybridized carbons (Fsp3) is 0.438. The molecule has 1 aromatic heterocycles. The third kappa shape index (κ3) is 3.72. The number of sulfonamides is 1. The molecule has 1 saturated carbocycles. The summed E-state index contributed by atoms with van der Waals surface area (Å²) in [5.41, 5.74) is 1.62. The van der Waals surface area contributed by atoms with Gasteiger partial charge in [-0.3, -0.25) is 4.72 Å². The molecular formula is C16H19FN2O2S2. The van der Waals surface area contributed by atoms with E-state index in [1.807, 2.05) is 5.38 Å². The van der Waals surface area contributed by atoms with Gasteiger partial charge in [0.2, 0.25) is 0 Å². The van der Waals surface area contributed by atoms with Crippen LogP contribution >= 0.6 is 11.3 Å². The maximum atomic E-state index is 13.9. The molecule has 7 heteroatoms. The van der Waals surface area contributed by atoms with Gasteiger partial charge in [0, 0.05) is 11.3 Å². The summed E-state index contributed by atoms with van der Waals surface area (Å²) in [7, 11) is -3.96. The predicted octanol–water partition coefficient (Wildman–Crippen LogP) is 4.44. The van der Waals surface area contributed by atoms with Crippen molar-refractivity contribution in [1.29, 1.82) is 0 Å². The Bertz CT molecular complexity index is 796. The van der Waals surface area contributed by atoms with Gasteiger partial charge in [-0.15, -0.1) is 11.3 Å². The van der Waals surface area contributed by atoms with Crippen molar-refractivity contribution in [3.8, 4) is 0 Å². The Morgan fingerprint density at radius 1 is 1.26 bits per heavy atom. The van der Waals surface area contributed by atoms with Crippen molar-refractivity contribution < 1.29 is 12.8 Å². The van der Waals surface area contributed by atoms with Gasteiger partial charge < -0.3 is 0 Å². The zero-order valence-electron chi connectivity index (χ0n) is 12.9. The van der Waals surface area contributed by atoms with Crippen LogP contribution in [0.3, 0.4) is 0 Å². The third-order valence-electron chi connectivity index (χ3n) is 4.14. The predicted molar refractivity (Wildman–Crippen MR) is 89.9 cm³/mol. The van der Waals surface area contributed by atoms with Crippen LogP contribution in [-0.4, -0.2) is 13.4 Å². The van der Waals surface area contributed by atoms with Gasteiger partial charge in [0.25, 0.3) is 10.0 Å². The lowest BCUT2D eigenvalue weighted by Crippen LogP contribution is -2.15. The molecule has 0 unspecified atom stereocenters. The number of nitrogens with one attached hydrogen (secondary N) is 1. The molecule has 0 radical (unpaired) electrons. The number of aromatic nitrogens is 1. The number of halogens is 1. The molecule has 0 amide bonds. The third-order valence-corrected chi connectivity index (χ3v) is 6.42. The van der Waals surface area contributed by atoms with Gasteiger partial charge in [-0.2, -0.15) is 0 Å². The van der Waals surface area contributed by atoms with E-state index in [-0.39, 0.29) is 4.90 Å². The second kappa shape index (κ2) is 6.57. The van der Waals surface area contributed by atoms with Gasteiger partial charge >= 0.3 is 0 Å². The monoisotopic (exact) mass is 354 g/mol. The fourth-order valence-corrected chi connectivity index (χ4v) is 5.02. The maximum absolute atomic E-state index is 13.9. The molecule has 1 N–H and O–H groups in total. The molecule has 0 atom stereocenters. The van der Waals surface area contributed by atoms with E-state index in [0.29, 0.717) is 16.6 Å². The first-order chi connectivity index (χ1) is 11.0. The highest BCUT2D eigenvalue weighted by molar-refractivity contribution is 7.93. The average molecular weight is 354 g/mol. The number of aryl methyl sites for hydroxylation is 1. The van der Waals surface area contributed by atoms with Gasteiger partial charge in [-0.1, -0.05) is 25.3 Å². The molecule has 1 aliphatic rings. The summed E-state index contributed by atoms with van der Waals surface area (Å²) in [5.74, 6) is -0.337. The van der Waals surface area contributed by atoms with Gasteiger partial charge in [-0.25, -0.2) is 17.8 Å². The lowest BCUT2D eigenvalue weighted by atomic mass is 9.87. The van der Waals surface area contributed by atoms with E-state index in [1.54, 1.807) is 13.0 Å². The molecule has 0 bridgehead atoms. The van der Waals surface area contributed by atoms with E-state index < -0.39 is 15.8 Å². The quantitative estimate of drug-likeness (QED) is 0.883. The molecule has 0 saturated heterocycles. The zero-order valence-corrected chi connectivity index (χ0v) is 14.5. The first-order valence-corrected chi connectivity index (χ1v) is 10.1. The van der Waals surface area contributed by atoms with E-state index in [1.165, 1.54) is 42.7 Å². The topological polar surface area (TPSA) is 59.1 Å². The smallest absolute Gasteiger partial charge is 0.255 e. The van der Waals surface area contributed by atoms with Gasteiger partial charge in [0.05, 0.1) is 5.69 Å². The van der Waals surface area contributed by atoms with Crippen molar-refractivity contribution in [2.24, 2.45) is 0 Å². The Morgan fingerprint density at radius 2 is 2.00 bits per heavy atom. The molecule has 1 aromatic carbocycles. The fourth-order valence-electron chi connectivity index (χ4n) is 2.91. The van der Waals surface area contributed by atoms with Gasteiger partial charge in [-0.05, 0) is 37.5 Å². The number of rotatable bonds is 4. The van der Waals surface area contributed by atoms with Gasteiger partial charge in [0.1, 0.15) is 10.7 Å². The van der Waals surface area contributed by atoms with Crippen molar-refractivity contribution >= 4 is 26.5 Å². The minimum atomic E-state index is -3.96. The second-order valence-corrected chi connectivity index (χ2v) is 8.46. The minimum absolute atomic E-state index is 0.297. The van der Waals surface area contributed by atoms with Crippen molar-refractivity contribution in [3.63, 3.8) is 0 Å². The SMILES string of the molecule is Cc1ccc(S(=O)(=O)Nc2nc(C3CCCCC3)cs2)c(F)c1. The Balaban J connectivity index is 1.79. The average Bonchev–Trinajstić information content (AvgIpc) is 2.95. The Kier molecular flexibility index (Phi) is 4.68. The first-order valence-electron chi connectivity index (χ1n) is 7.70. The van der Waals surface area contributed by atoms with Crippen LogP contribution < -0.4 is 4.72 Å². The number of benzene rings is 1. The maximum Gasteiger partial charge on any atom is 0.266 e. The van der Waals surface area contributed by atoms with Crippen LogP contribution in [0.25, 0.3) is 0 Å². The summed E-state index contributed by atoms with van der Waals surface area (Å²) >= 11 is 1.25. The highest BCUT2D eigenvalue weighted by Crippen LogP contribution is 2.34. The van der Waals surface area contributed by atoms with Crippen molar-refractivity contribution in [2.45, 2.75) is 49.8 Å². The van der Waals surface area contributed by atoms with E-state index in [2.05, 4.69) is 9.71 Å². The summed E-state index contributed by atoms with van der Waals surface area (Å²) in [6, 6.07) is 4.07. The molecule has 1 aliphatic carbocycles. The van der Waals surface area contributed by atoms with E-state index in [9.17, 15) is 12.8 Å². The summed E-state index contributed by atoms with van der Waals surface area (Å²) < 4.78 is 41.0. The number of nitrogens with zero attached hydrogens (tertiary/aromatic N) is 1. The van der Waals surface area contributed by atoms with Crippen LogP contribution in [0.15, 0.2) is 28.5 Å². The number of hydrogen-bond acceptors (Lipinski definition) is 4. The summed E-state index contributed by atoms with van der Waals surface area (Å²) in [6.07, 6.45) is 5.84. The highest BCUT2D eigenvalue weighted by Gasteiger charge is 2.22. The van der Waals surface area contributed by atoms with Crippen molar-refractivity contribution in [2.75, 3.05) is 4.72 Å². The molecule has 1 fully saturated rings. The molecular weight excluding hydrogens is 335 g/mol. The summed E-state index contributed by atoms with van der Waals surface area (Å²) in [4.78, 5) is 4.05. The van der Waals surface area contributed by atoms with Crippen LogP contribution in [-0.2, 0) is 10.0 Å².